The SMILES string of the molecule is [c]1ccccc1-c1nc(-c2ccccc2)cc(-c2ccccc2)n1. The summed E-state index contributed by atoms with van der Waals surface area (Å²) in [6.45, 7) is 0. The molecule has 2 heteroatoms. The van der Waals surface area contributed by atoms with E-state index in [-0.39, 0.29) is 0 Å². The first kappa shape index (κ1) is 14.3. The first-order valence-corrected chi connectivity index (χ1v) is 7.87. The highest BCUT2D eigenvalue weighted by Gasteiger charge is 2.09. The molecule has 2 nitrogen and oxygen atoms in total. The number of hydrogen-bond acceptors (Lipinski definition) is 2. The Hall–Kier alpha value is -3.26. The minimum atomic E-state index is 0.691. The fraction of sp³-hybridized carbons (Fsp3) is 0. The van der Waals surface area contributed by atoms with Crippen molar-refractivity contribution in [3.63, 3.8) is 0 Å². The standard InChI is InChI=1S/C22H15N2/c1-4-10-17(11-5-1)20-16-21(18-12-6-2-7-13-18)24-22(23-20)19-14-8-3-9-15-19/h1-14,16H. The van der Waals surface area contributed by atoms with E-state index < -0.39 is 0 Å². The Morgan fingerprint density at radius 3 is 1.62 bits per heavy atom. The van der Waals surface area contributed by atoms with Crippen molar-refractivity contribution in [2.75, 3.05) is 0 Å². The molecule has 0 aliphatic rings. The molecule has 0 saturated carbocycles. The van der Waals surface area contributed by atoms with Crippen LogP contribution in [-0.4, -0.2) is 9.97 Å². The second kappa shape index (κ2) is 6.47. The molecular weight excluding hydrogens is 292 g/mol. The summed E-state index contributed by atoms with van der Waals surface area (Å²) >= 11 is 0. The number of nitrogens with zero attached hydrogens (tertiary/aromatic N) is 2. The number of benzene rings is 3. The fourth-order valence-corrected chi connectivity index (χ4v) is 2.61. The van der Waals surface area contributed by atoms with E-state index in [2.05, 4.69) is 30.3 Å². The topological polar surface area (TPSA) is 25.8 Å². The maximum Gasteiger partial charge on any atom is 0.161 e. The summed E-state index contributed by atoms with van der Waals surface area (Å²) in [4.78, 5) is 9.51. The average molecular weight is 307 g/mol. The van der Waals surface area contributed by atoms with Crippen molar-refractivity contribution in [2.45, 2.75) is 0 Å². The highest BCUT2D eigenvalue weighted by Crippen LogP contribution is 2.26. The quantitative estimate of drug-likeness (QED) is 0.515. The van der Waals surface area contributed by atoms with Crippen molar-refractivity contribution in [3.05, 3.63) is 97.1 Å². The maximum absolute atomic E-state index is 4.76. The monoisotopic (exact) mass is 307 g/mol. The first-order chi connectivity index (χ1) is 11.9. The lowest BCUT2D eigenvalue weighted by atomic mass is 10.1. The Morgan fingerprint density at radius 1 is 0.583 bits per heavy atom. The van der Waals surface area contributed by atoms with Gasteiger partial charge in [-0.2, -0.15) is 0 Å². The van der Waals surface area contributed by atoms with Crippen LogP contribution < -0.4 is 0 Å². The van der Waals surface area contributed by atoms with Gasteiger partial charge >= 0.3 is 0 Å². The zero-order valence-electron chi connectivity index (χ0n) is 13.1. The Balaban J connectivity index is 1.92. The first-order valence-electron chi connectivity index (χ1n) is 7.87. The lowest BCUT2D eigenvalue weighted by molar-refractivity contribution is 1.18. The molecular formula is C22H15N2. The van der Waals surface area contributed by atoms with Gasteiger partial charge in [-0.25, -0.2) is 9.97 Å². The van der Waals surface area contributed by atoms with Crippen molar-refractivity contribution in [2.24, 2.45) is 0 Å². The van der Waals surface area contributed by atoms with Gasteiger partial charge in [-0.1, -0.05) is 84.9 Å². The van der Waals surface area contributed by atoms with E-state index in [0.717, 1.165) is 28.1 Å². The van der Waals surface area contributed by atoms with Crippen LogP contribution in [0.25, 0.3) is 33.9 Å². The van der Waals surface area contributed by atoms with E-state index in [9.17, 15) is 0 Å². The molecule has 0 amide bonds. The normalized spacial score (nSPS) is 10.5. The summed E-state index contributed by atoms with van der Waals surface area (Å²) in [6, 6.07) is 33.4. The van der Waals surface area contributed by atoms with Gasteiger partial charge in [0.1, 0.15) is 0 Å². The second-order valence-corrected chi connectivity index (χ2v) is 5.47. The van der Waals surface area contributed by atoms with Crippen molar-refractivity contribution in [1.82, 2.24) is 9.97 Å². The third-order valence-corrected chi connectivity index (χ3v) is 3.82. The van der Waals surface area contributed by atoms with Crippen LogP contribution >= 0.6 is 0 Å². The molecule has 0 unspecified atom stereocenters. The molecule has 1 heterocycles. The lowest BCUT2D eigenvalue weighted by Crippen LogP contribution is -1.95. The van der Waals surface area contributed by atoms with Crippen LogP contribution in [0, 0.1) is 6.07 Å². The molecule has 0 aliphatic carbocycles. The van der Waals surface area contributed by atoms with Crippen molar-refractivity contribution < 1.29 is 0 Å². The van der Waals surface area contributed by atoms with E-state index in [4.69, 9.17) is 9.97 Å². The molecule has 0 saturated heterocycles. The van der Waals surface area contributed by atoms with Crippen molar-refractivity contribution in [1.29, 1.82) is 0 Å². The molecule has 0 bridgehead atoms. The van der Waals surface area contributed by atoms with E-state index >= 15 is 0 Å². The summed E-state index contributed by atoms with van der Waals surface area (Å²) in [5, 5.41) is 0. The molecule has 0 atom stereocenters. The van der Waals surface area contributed by atoms with E-state index in [0.29, 0.717) is 5.82 Å². The minimum Gasteiger partial charge on any atom is -0.228 e. The maximum atomic E-state index is 4.76. The average Bonchev–Trinajstić information content (AvgIpc) is 2.70. The molecule has 0 spiro atoms. The molecule has 3 aromatic carbocycles. The Morgan fingerprint density at radius 2 is 1.12 bits per heavy atom. The van der Waals surface area contributed by atoms with Crippen molar-refractivity contribution >= 4 is 0 Å². The highest BCUT2D eigenvalue weighted by atomic mass is 14.9. The third kappa shape index (κ3) is 2.95. The summed E-state index contributed by atoms with van der Waals surface area (Å²) in [6.07, 6.45) is 0. The summed E-state index contributed by atoms with van der Waals surface area (Å²) < 4.78 is 0. The van der Waals surface area contributed by atoms with Gasteiger partial charge in [-0.15, -0.1) is 0 Å². The number of hydrogen-bond donors (Lipinski definition) is 0. The molecule has 1 aromatic heterocycles. The van der Waals surface area contributed by atoms with Gasteiger partial charge in [0.2, 0.25) is 0 Å². The van der Waals surface area contributed by atoms with Crippen molar-refractivity contribution in [3.8, 4) is 33.9 Å². The third-order valence-electron chi connectivity index (χ3n) is 3.82. The summed E-state index contributed by atoms with van der Waals surface area (Å²) in [7, 11) is 0. The van der Waals surface area contributed by atoms with Crippen LogP contribution in [0.4, 0.5) is 0 Å². The highest BCUT2D eigenvalue weighted by molar-refractivity contribution is 5.71. The molecule has 24 heavy (non-hydrogen) atoms. The zero-order valence-corrected chi connectivity index (χ0v) is 13.1. The van der Waals surface area contributed by atoms with Crippen LogP contribution in [0.1, 0.15) is 0 Å². The number of rotatable bonds is 3. The van der Waals surface area contributed by atoms with Gasteiger partial charge in [-0.05, 0) is 12.1 Å². The predicted octanol–water partition coefficient (Wildman–Crippen LogP) is 5.28. The summed E-state index contributed by atoms with van der Waals surface area (Å²) in [5.41, 5.74) is 4.88. The Labute approximate surface area is 141 Å². The smallest absolute Gasteiger partial charge is 0.161 e. The van der Waals surface area contributed by atoms with E-state index in [1.54, 1.807) is 0 Å². The fourth-order valence-electron chi connectivity index (χ4n) is 2.61. The molecule has 1 radical (unpaired) electrons. The van der Waals surface area contributed by atoms with Crippen LogP contribution in [-0.2, 0) is 0 Å². The molecule has 113 valence electrons. The molecule has 0 fully saturated rings. The molecule has 0 N–H and O–H groups in total. The Kier molecular flexibility index (Phi) is 3.86. The Bertz CT molecular complexity index is 794. The van der Waals surface area contributed by atoms with Gasteiger partial charge < -0.3 is 0 Å². The van der Waals surface area contributed by atoms with Gasteiger partial charge in [-0.3, -0.25) is 0 Å². The van der Waals surface area contributed by atoms with Crippen LogP contribution in [0.5, 0.6) is 0 Å². The summed E-state index contributed by atoms with van der Waals surface area (Å²) in [5.74, 6) is 0.691. The van der Waals surface area contributed by atoms with Gasteiger partial charge in [0.25, 0.3) is 0 Å². The largest absolute Gasteiger partial charge is 0.228 e. The van der Waals surface area contributed by atoms with Crippen LogP contribution in [0.3, 0.4) is 0 Å². The predicted molar refractivity (Wildman–Crippen MR) is 97.2 cm³/mol. The van der Waals surface area contributed by atoms with Gasteiger partial charge in [0, 0.05) is 16.7 Å². The van der Waals surface area contributed by atoms with Crippen LogP contribution in [0.15, 0.2) is 91.0 Å². The van der Waals surface area contributed by atoms with E-state index in [1.807, 2.05) is 66.7 Å². The zero-order chi connectivity index (χ0) is 16.2. The molecule has 0 aliphatic heterocycles. The second-order valence-electron chi connectivity index (χ2n) is 5.47. The van der Waals surface area contributed by atoms with Crippen LogP contribution in [0.2, 0.25) is 0 Å². The molecule has 4 aromatic rings. The van der Waals surface area contributed by atoms with E-state index in [1.165, 1.54) is 0 Å². The molecule has 4 rings (SSSR count). The number of aromatic nitrogens is 2. The minimum absolute atomic E-state index is 0.691. The lowest BCUT2D eigenvalue weighted by Gasteiger charge is -2.09. The van der Waals surface area contributed by atoms with Gasteiger partial charge in [0.15, 0.2) is 5.82 Å². The van der Waals surface area contributed by atoms with Gasteiger partial charge in [0.05, 0.1) is 11.4 Å².